The van der Waals surface area contributed by atoms with Gasteiger partial charge < -0.3 is 14.6 Å². The van der Waals surface area contributed by atoms with Crippen molar-refractivity contribution >= 4 is 0 Å². The van der Waals surface area contributed by atoms with Crippen molar-refractivity contribution in [3.8, 4) is 17.6 Å². The second-order valence-corrected chi connectivity index (χ2v) is 3.74. The van der Waals surface area contributed by atoms with Crippen molar-refractivity contribution in [1.29, 1.82) is 5.26 Å². The van der Waals surface area contributed by atoms with Gasteiger partial charge in [0.05, 0.1) is 26.4 Å². The van der Waals surface area contributed by atoms with Crippen molar-refractivity contribution in [3.05, 3.63) is 23.8 Å². The Labute approximate surface area is 101 Å². The van der Waals surface area contributed by atoms with Crippen LogP contribution in [-0.4, -0.2) is 25.4 Å². The Balaban J connectivity index is 2.69. The summed E-state index contributed by atoms with van der Waals surface area (Å²) in [6, 6.07) is 7.56. The molecule has 0 aromatic heterocycles. The quantitative estimate of drug-likeness (QED) is 0.818. The molecule has 1 N–H and O–H groups in total. The summed E-state index contributed by atoms with van der Waals surface area (Å²) in [4.78, 5) is 0. The number of benzene rings is 1. The Bertz CT molecular complexity index is 398. The number of ether oxygens (including phenoxy) is 2. The van der Waals surface area contributed by atoms with Gasteiger partial charge in [-0.3, -0.25) is 0 Å². The van der Waals surface area contributed by atoms with E-state index in [1.165, 1.54) is 0 Å². The molecule has 0 saturated heterocycles. The maximum absolute atomic E-state index is 9.70. The van der Waals surface area contributed by atoms with E-state index < -0.39 is 6.10 Å². The van der Waals surface area contributed by atoms with E-state index >= 15 is 0 Å². The van der Waals surface area contributed by atoms with Crippen LogP contribution in [0.4, 0.5) is 0 Å². The number of rotatable bonds is 6. The Morgan fingerprint density at radius 2 is 2.00 bits per heavy atom. The molecule has 4 heteroatoms. The van der Waals surface area contributed by atoms with Crippen molar-refractivity contribution in [2.45, 2.75) is 25.4 Å². The monoisotopic (exact) mass is 235 g/mol. The van der Waals surface area contributed by atoms with E-state index in [0.717, 1.165) is 5.56 Å². The van der Waals surface area contributed by atoms with Crippen molar-refractivity contribution in [2.75, 3.05) is 14.2 Å². The van der Waals surface area contributed by atoms with E-state index in [1.54, 1.807) is 14.2 Å². The number of aliphatic hydroxyl groups excluding tert-OH is 1. The van der Waals surface area contributed by atoms with Crippen LogP contribution in [-0.2, 0) is 6.42 Å². The third-order valence-corrected chi connectivity index (χ3v) is 2.51. The maximum Gasteiger partial charge on any atom is 0.160 e. The number of nitriles is 1. The molecule has 0 unspecified atom stereocenters. The van der Waals surface area contributed by atoms with Crippen LogP contribution in [0.15, 0.2) is 18.2 Å². The highest BCUT2D eigenvalue weighted by molar-refractivity contribution is 5.43. The van der Waals surface area contributed by atoms with E-state index in [4.69, 9.17) is 14.7 Å². The van der Waals surface area contributed by atoms with Crippen molar-refractivity contribution in [2.24, 2.45) is 0 Å². The van der Waals surface area contributed by atoms with E-state index in [1.807, 2.05) is 24.3 Å². The first-order chi connectivity index (χ1) is 8.21. The Morgan fingerprint density at radius 3 is 2.59 bits per heavy atom. The molecule has 0 bridgehead atoms. The zero-order chi connectivity index (χ0) is 12.7. The lowest BCUT2D eigenvalue weighted by atomic mass is 10.0. The smallest absolute Gasteiger partial charge is 0.160 e. The van der Waals surface area contributed by atoms with Gasteiger partial charge in [0.1, 0.15) is 0 Å². The molecule has 0 heterocycles. The molecule has 4 nitrogen and oxygen atoms in total. The van der Waals surface area contributed by atoms with Crippen LogP contribution in [0, 0.1) is 11.3 Å². The second-order valence-electron chi connectivity index (χ2n) is 3.74. The summed E-state index contributed by atoms with van der Waals surface area (Å²) in [7, 11) is 3.16. The maximum atomic E-state index is 9.70. The Hall–Kier alpha value is -1.73. The van der Waals surface area contributed by atoms with Crippen molar-refractivity contribution < 1.29 is 14.6 Å². The summed E-state index contributed by atoms with van der Waals surface area (Å²) in [5.74, 6) is 1.32. The molecule has 0 aliphatic rings. The first-order valence-electron chi connectivity index (χ1n) is 5.47. The average Bonchev–Trinajstić information content (AvgIpc) is 2.36. The molecule has 0 fully saturated rings. The highest BCUT2D eigenvalue weighted by Gasteiger charge is 2.09. The molecule has 17 heavy (non-hydrogen) atoms. The minimum Gasteiger partial charge on any atom is -0.493 e. The Kier molecular flexibility index (Phi) is 5.31. The van der Waals surface area contributed by atoms with Crippen LogP contribution in [0.5, 0.6) is 11.5 Å². The molecule has 1 rings (SSSR count). The molecule has 1 atom stereocenters. The number of hydrogen-bond acceptors (Lipinski definition) is 4. The highest BCUT2D eigenvalue weighted by Crippen LogP contribution is 2.28. The summed E-state index contributed by atoms with van der Waals surface area (Å²) in [6.45, 7) is 0. The first-order valence-corrected chi connectivity index (χ1v) is 5.47. The molecule has 1 aromatic carbocycles. The van der Waals surface area contributed by atoms with Crippen LogP contribution in [0.25, 0.3) is 0 Å². The fourth-order valence-electron chi connectivity index (χ4n) is 1.61. The summed E-state index contributed by atoms with van der Waals surface area (Å²) in [5.41, 5.74) is 0.966. The molecule has 92 valence electrons. The van der Waals surface area contributed by atoms with Crippen LogP contribution >= 0.6 is 0 Å². The molecule has 0 aliphatic carbocycles. The van der Waals surface area contributed by atoms with E-state index in [9.17, 15) is 5.11 Å². The minimum absolute atomic E-state index is 0.370. The van der Waals surface area contributed by atoms with Crippen LogP contribution < -0.4 is 9.47 Å². The molecule has 0 spiro atoms. The van der Waals surface area contributed by atoms with Gasteiger partial charge in [-0.2, -0.15) is 5.26 Å². The fourth-order valence-corrected chi connectivity index (χ4v) is 1.61. The third-order valence-electron chi connectivity index (χ3n) is 2.51. The first kappa shape index (κ1) is 13.3. The highest BCUT2D eigenvalue weighted by atomic mass is 16.5. The summed E-state index contributed by atoms with van der Waals surface area (Å²) >= 11 is 0. The molecular weight excluding hydrogens is 218 g/mol. The molecule has 0 radical (unpaired) electrons. The number of nitrogens with zero attached hydrogens (tertiary/aromatic N) is 1. The van der Waals surface area contributed by atoms with Crippen LogP contribution in [0.2, 0.25) is 0 Å². The van der Waals surface area contributed by atoms with Gasteiger partial charge in [-0.05, 0) is 30.5 Å². The van der Waals surface area contributed by atoms with Gasteiger partial charge in [0.2, 0.25) is 0 Å². The van der Waals surface area contributed by atoms with E-state index in [-0.39, 0.29) is 0 Å². The minimum atomic E-state index is -0.493. The van der Waals surface area contributed by atoms with Crippen molar-refractivity contribution in [1.82, 2.24) is 0 Å². The third kappa shape index (κ3) is 3.97. The number of methoxy groups -OCH3 is 2. The summed E-state index contributed by atoms with van der Waals surface area (Å²) < 4.78 is 10.3. The second kappa shape index (κ2) is 6.77. The zero-order valence-corrected chi connectivity index (χ0v) is 10.1. The number of aliphatic hydroxyl groups is 1. The molecule has 0 aliphatic heterocycles. The topological polar surface area (TPSA) is 62.5 Å². The Morgan fingerprint density at radius 1 is 1.29 bits per heavy atom. The van der Waals surface area contributed by atoms with Gasteiger partial charge in [-0.15, -0.1) is 0 Å². The summed E-state index contributed by atoms with van der Waals surface area (Å²) in [6.07, 6.45) is 0.884. The van der Waals surface area contributed by atoms with Gasteiger partial charge >= 0.3 is 0 Å². The largest absolute Gasteiger partial charge is 0.493 e. The van der Waals surface area contributed by atoms with Gasteiger partial charge in [0.25, 0.3) is 0 Å². The lowest BCUT2D eigenvalue weighted by Crippen LogP contribution is -2.10. The lowest BCUT2D eigenvalue weighted by molar-refractivity contribution is 0.166. The lowest BCUT2D eigenvalue weighted by Gasteiger charge is -2.12. The normalized spacial score (nSPS) is 11.6. The average molecular weight is 235 g/mol. The zero-order valence-electron chi connectivity index (χ0n) is 10.1. The van der Waals surface area contributed by atoms with Gasteiger partial charge in [0.15, 0.2) is 11.5 Å². The number of hydrogen-bond donors (Lipinski definition) is 1. The SMILES string of the molecule is COc1ccc(C[C@@H](O)CCC#N)cc1OC. The fraction of sp³-hybridized carbons (Fsp3) is 0.462. The van der Waals surface area contributed by atoms with E-state index in [0.29, 0.717) is 30.8 Å². The predicted octanol–water partition coefficient (Wildman–Crippen LogP) is 1.91. The standard InChI is InChI=1S/C13H17NO3/c1-16-12-6-5-10(9-13(12)17-2)8-11(15)4-3-7-14/h5-6,9,11,15H,3-4,8H2,1-2H3/t11-/m0/s1. The van der Waals surface area contributed by atoms with E-state index in [2.05, 4.69) is 0 Å². The molecule has 1 aromatic rings. The summed E-state index contributed by atoms with van der Waals surface area (Å²) in [5, 5.41) is 18.1. The van der Waals surface area contributed by atoms with Crippen LogP contribution in [0.1, 0.15) is 18.4 Å². The molecule has 0 amide bonds. The van der Waals surface area contributed by atoms with Crippen molar-refractivity contribution in [3.63, 3.8) is 0 Å². The van der Waals surface area contributed by atoms with Gasteiger partial charge in [0, 0.05) is 6.42 Å². The van der Waals surface area contributed by atoms with Gasteiger partial charge in [-0.1, -0.05) is 6.07 Å². The molecular formula is C13H17NO3. The predicted molar refractivity (Wildman–Crippen MR) is 64.1 cm³/mol. The van der Waals surface area contributed by atoms with Crippen LogP contribution in [0.3, 0.4) is 0 Å². The molecule has 0 saturated carbocycles. The van der Waals surface area contributed by atoms with Gasteiger partial charge in [-0.25, -0.2) is 0 Å².